The van der Waals surface area contributed by atoms with Crippen molar-refractivity contribution >= 4 is 33.2 Å². The first-order valence-corrected chi connectivity index (χ1v) is 6.71. The van der Waals surface area contributed by atoms with Gasteiger partial charge in [0.15, 0.2) is 0 Å². The van der Waals surface area contributed by atoms with Crippen LogP contribution in [0.15, 0.2) is 17.0 Å². The minimum Gasteiger partial charge on any atom is -0.492 e. The highest BCUT2D eigenvalue weighted by Crippen LogP contribution is 2.33. The van der Waals surface area contributed by atoms with Gasteiger partial charge in [0.05, 0.1) is 16.7 Å². The summed E-state index contributed by atoms with van der Waals surface area (Å²) in [6, 6.07) is 2.65. The third-order valence-electron chi connectivity index (χ3n) is 1.84. The smallest absolute Gasteiger partial charge is 0.241 e. The summed E-state index contributed by atoms with van der Waals surface area (Å²) in [5.41, 5.74) is 0. The van der Waals surface area contributed by atoms with Crippen molar-refractivity contribution in [2.45, 2.75) is 11.8 Å². The molecule has 0 fully saturated rings. The lowest BCUT2D eigenvalue weighted by Crippen LogP contribution is -2.19. The van der Waals surface area contributed by atoms with Gasteiger partial charge < -0.3 is 4.74 Å². The summed E-state index contributed by atoms with van der Waals surface area (Å²) >= 11 is 11.7. The Morgan fingerprint density at radius 1 is 1.31 bits per heavy atom. The molecule has 1 rings (SSSR count). The molecule has 0 spiro atoms. The Hall–Kier alpha value is -0.490. The van der Waals surface area contributed by atoms with Gasteiger partial charge in [-0.15, -0.1) is 0 Å². The van der Waals surface area contributed by atoms with Crippen LogP contribution < -0.4 is 9.46 Å². The molecular formula is C9H11Cl2NO3S. The third-order valence-corrected chi connectivity index (χ3v) is 4.02. The molecule has 0 aliphatic carbocycles. The topological polar surface area (TPSA) is 55.4 Å². The Morgan fingerprint density at radius 2 is 1.94 bits per heavy atom. The summed E-state index contributed by atoms with van der Waals surface area (Å²) in [6.07, 6.45) is 0. The van der Waals surface area contributed by atoms with Crippen LogP contribution in [0.5, 0.6) is 5.75 Å². The predicted octanol–water partition coefficient (Wildman–Crippen LogP) is 2.30. The molecule has 1 aromatic carbocycles. The average Bonchev–Trinajstić information content (AvgIpc) is 2.23. The molecule has 4 nitrogen and oxygen atoms in total. The summed E-state index contributed by atoms with van der Waals surface area (Å²) in [7, 11) is -2.30. The Balaban J connectivity index is 3.31. The number of halogens is 2. The van der Waals surface area contributed by atoms with Crippen LogP contribution in [-0.2, 0) is 10.0 Å². The van der Waals surface area contributed by atoms with Crippen molar-refractivity contribution in [1.82, 2.24) is 4.72 Å². The van der Waals surface area contributed by atoms with Gasteiger partial charge in [0, 0.05) is 6.07 Å². The van der Waals surface area contributed by atoms with Crippen LogP contribution >= 0.6 is 23.2 Å². The quantitative estimate of drug-likeness (QED) is 0.923. The van der Waals surface area contributed by atoms with E-state index >= 15 is 0 Å². The molecule has 16 heavy (non-hydrogen) atoms. The Bertz CT molecular complexity index is 488. The molecule has 7 heteroatoms. The molecule has 0 bridgehead atoms. The molecule has 0 saturated carbocycles. The molecule has 0 aliphatic heterocycles. The van der Waals surface area contributed by atoms with Gasteiger partial charge >= 0.3 is 0 Å². The Morgan fingerprint density at radius 3 is 2.44 bits per heavy atom. The van der Waals surface area contributed by atoms with Crippen molar-refractivity contribution in [3.05, 3.63) is 22.2 Å². The van der Waals surface area contributed by atoms with Crippen molar-refractivity contribution < 1.29 is 13.2 Å². The SMILES string of the molecule is CCOc1cc(Cl)c(S(=O)(=O)NC)cc1Cl. The van der Waals surface area contributed by atoms with Crippen LogP contribution in [0, 0.1) is 0 Å². The monoisotopic (exact) mass is 283 g/mol. The largest absolute Gasteiger partial charge is 0.492 e. The molecule has 1 aromatic rings. The van der Waals surface area contributed by atoms with Gasteiger partial charge in [-0.3, -0.25) is 0 Å². The zero-order chi connectivity index (χ0) is 12.3. The Labute approximate surface area is 105 Å². The minimum absolute atomic E-state index is 0.0647. The predicted molar refractivity (Wildman–Crippen MR) is 63.9 cm³/mol. The molecule has 0 heterocycles. The van der Waals surface area contributed by atoms with E-state index in [2.05, 4.69) is 4.72 Å². The second-order valence-corrected chi connectivity index (χ2v) is 5.52. The number of rotatable bonds is 4. The van der Waals surface area contributed by atoms with E-state index in [9.17, 15) is 8.42 Å². The minimum atomic E-state index is -3.61. The van der Waals surface area contributed by atoms with Crippen LogP contribution in [0.2, 0.25) is 10.0 Å². The zero-order valence-corrected chi connectivity index (χ0v) is 11.1. The van der Waals surface area contributed by atoms with Crippen molar-refractivity contribution in [1.29, 1.82) is 0 Å². The van der Waals surface area contributed by atoms with E-state index in [1.54, 1.807) is 6.92 Å². The normalized spacial score (nSPS) is 11.5. The van der Waals surface area contributed by atoms with E-state index in [-0.39, 0.29) is 14.9 Å². The molecule has 0 unspecified atom stereocenters. The molecule has 0 saturated heterocycles. The lowest BCUT2D eigenvalue weighted by molar-refractivity contribution is 0.340. The highest BCUT2D eigenvalue weighted by molar-refractivity contribution is 7.89. The number of nitrogens with one attached hydrogen (secondary N) is 1. The van der Waals surface area contributed by atoms with Crippen LogP contribution in [0.1, 0.15) is 6.92 Å². The van der Waals surface area contributed by atoms with E-state index in [4.69, 9.17) is 27.9 Å². The standard InChI is InChI=1S/C9H11Cl2NO3S/c1-3-15-8-4-7(11)9(5-6(8)10)16(13,14)12-2/h4-5,12H,3H2,1-2H3. The molecule has 0 atom stereocenters. The third kappa shape index (κ3) is 2.79. The van der Waals surface area contributed by atoms with Crippen molar-refractivity contribution in [2.24, 2.45) is 0 Å². The number of sulfonamides is 1. The first kappa shape index (κ1) is 13.6. The van der Waals surface area contributed by atoms with Crippen LogP contribution in [0.25, 0.3) is 0 Å². The first-order chi connectivity index (χ1) is 7.42. The second kappa shape index (κ2) is 5.23. The number of hydrogen-bond acceptors (Lipinski definition) is 3. The summed E-state index contributed by atoms with van der Waals surface area (Å²) in [5, 5.41) is 0.280. The van der Waals surface area contributed by atoms with Crippen LogP contribution in [0.3, 0.4) is 0 Å². The fourth-order valence-corrected chi connectivity index (χ4v) is 2.64. The highest BCUT2D eigenvalue weighted by atomic mass is 35.5. The fourth-order valence-electron chi connectivity index (χ4n) is 1.09. The second-order valence-electron chi connectivity index (χ2n) is 2.85. The van der Waals surface area contributed by atoms with Crippen LogP contribution in [0.4, 0.5) is 0 Å². The fraction of sp³-hybridized carbons (Fsp3) is 0.333. The molecular weight excluding hydrogens is 273 g/mol. The van der Waals surface area contributed by atoms with E-state index in [0.29, 0.717) is 12.4 Å². The van der Waals surface area contributed by atoms with E-state index in [1.807, 2.05) is 0 Å². The summed E-state index contributed by atoms with van der Waals surface area (Å²) in [6.45, 7) is 2.22. The van der Waals surface area contributed by atoms with Crippen molar-refractivity contribution in [2.75, 3.05) is 13.7 Å². The maximum atomic E-state index is 11.5. The van der Waals surface area contributed by atoms with Gasteiger partial charge in [0.1, 0.15) is 10.6 Å². The molecule has 0 radical (unpaired) electrons. The summed E-state index contributed by atoms with van der Waals surface area (Å²) < 4.78 is 30.4. The van der Waals surface area contributed by atoms with Gasteiger partial charge in [0.25, 0.3) is 0 Å². The van der Waals surface area contributed by atoms with E-state index in [0.717, 1.165) is 0 Å². The number of hydrogen-bond donors (Lipinski definition) is 1. The highest BCUT2D eigenvalue weighted by Gasteiger charge is 2.18. The summed E-state index contributed by atoms with van der Waals surface area (Å²) in [4.78, 5) is -0.0647. The van der Waals surface area contributed by atoms with Gasteiger partial charge in [-0.2, -0.15) is 0 Å². The van der Waals surface area contributed by atoms with Crippen molar-refractivity contribution in [3.8, 4) is 5.75 Å². The van der Waals surface area contributed by atoms with E-state index in [1.165, 1.54) is 19.2 Å². The number of ether oxygens (including phenoxy) is 1. The lowest BCUT2D eigenvalue weighted by Gasteiger charge is -2.10. The van der Waals surface area contributed by atoms with E-state index < -0.39 is 10.0 Å². The maximum Gasteiger partial charge on any atom is 0.241 e. The van der Waals surface area contributed by atoms with Gasteiger partial charge in [-0.05, 0) is 20.0 Å². The van der Waals surface area contributed by atoms with Gasteiger partial charge in [-0.1, -0.05) is 23.2 Å². The van der Waals surface area contributed by atoms with Crippen LogP contribution in [-0.4, -0.2) is 22.1 Å². The first-order valence-electron chi connectivity index (χ1n) is 4.47. The maximum absolute atomic E-state index is 11.5. The molecule has 90 valence electrons. The van der Waals surface area contributed by atoms with Crippen molar-refractivity contribution in [3.63, 3.8) is 0 Å². The van der Waals surface area contributed by atoms with Gasteiger partial charge in [-0.25, -0.2) is 13.1 Å². The lowest BCUT2D eigenvalue weighted by atomic mass is 10.3. The molecule has 0 aromatic heterocycles. The molecule has 1 N–H and O–H groups in total. The van der Waals surface area contributed by atoms with Gasteiger partial charge in [0.2, 0.25) is 10.0 Å². The average molecular weight is 284 g/mol. The number of benzene rings is 1. The zero-order valence-electron chi connectivity index (χ0n) is 8.75. The summed E-state index contributed by atoms with van der Waals surface area (Å²) in [5.74, 6) is 0.365. The molecule has 0 amide bonds. The molecule has 0 aliphatic rings. The Kier molecular flexibility index (Phi) is 4.43.